The molecule has 3 aromatic carbocycles. The molecule has 31 heavy (non-hydrogen) atoms. The Bertz CT molecular complexity index is 1140. The van der Waals surface area contributed by atoms with Crippen LogP contribution in [0.5, 0.6) is 5.75 Å². The van der Waals surface area contributed by atoms with Crippen LogP contribution in [0.3, 0.4) is 0 Å². The van der Waals surface area contributed by atoms with Crippen LogP contribution in [-0.2, 0) is 16.1 Å². The highest BCUT2D eigenvalue weighted by Crippen LogP contribution is 2.35. The molecule has 0 radical (unpaired) electrons. The number of rotatable bonds is 5. The van der Waals surface area contributed by atoms with Gasteiger partial charge in [0.25, 0.3) is 5.91 Å². The van der Waals surface area contributed by atoms with Gasteiger partial charge in [-0.3, -0.25) is 9.59 Å². The molecule has 6 heteroatoms. The summed E-state index contributed by atoms with van der Waals surface area (Å²) in [5, 5.41) is 3.48. The molecule has 5 nitrogen and oxygen atoms in total. The van der Waals surface area contributed by atoms with E-state index >= 15 is 0 Å². The number of hydrogen-bond acceptors (Lipinski definition) is 3. The number of hydrogen-bond donors (Lipinski definition) is 1. The Morgan fingerprint density at radius 3 is 2.58 bits per heavy atom. The van der Waals surface area contributed by atoms with Gasteiger partial charge in [-0.25, -0.2) is 0 Å². The molecule has 0 atom stereocenters. The Morgan fingerprint density at radius 2 is 1.84 bits per heavy atom. The molecular weight excluding hydrogens is 412 g/mol. The van der Waals surface area contributed by atoms with Crippen molar-refractivity contribution in [3.8, 4) is 5.75 Å². The fourth-order valence-corrected chi connectivity index (χ4v) is 3.39. The predicted molar refractivity (Wildman–Crippen MR) is 123 cm³/mol. The van der Waals surface area contributed by atoms with E-state index in [0.717, 1.165) is 16.7 Å². The summed E-state index contributed by atoms with van der Waals surface area (Å²) in [4.78, 5) is 26.6. The van der Waals surface area contributed by atoms with Crippen molar-refractivity contribution >= 4 is 40.9 Å². The largest absolute Gasteiger partial charge is 0.482 e. The lowest BCUT2D eigenvalue weighted by Gasteiger charge is -2.30. The van der Waals surface area contributed by atoms with Crippen LogP contribution in [0.4, 0.5) is 11.4 Å². The van der Waals surface area contributed by atoms with Crippen LogP contribution in [0.2, 0.25) is 5.02 Å². The topological polar surface area (TPSA) is 58.6 Å². The van der Waals surface area contributed by atoms with E-state index in [-0.39, 0.29) is 18.4 Å². The number of carbonyl (C=O) groups excluding carboxylic acids is 2. The molecule has 156 valence electrons. The number of nitrogens with zero attached hydrogens (tertiary/aromatic N) is 1. The summed E-state index contributed by atoms with van der Waals surface area (Å²) < 4.78 is 5.57. The van der Waals surface area contributed by atoms with E-state index in [9.17, 15) is 9.59 Å². The minimum Gasteiger partial charge on any atom is -0.482 e. The van der Waals surface area contributed by atoms with Gasteiger partial charge < -0.3 is 15.0 Å². The second-order valence-electron chi connectivity index (χ2n) is 7.31. The Morgan fingerprint density at radius 1 is 1.10 bits per heavy atom. The number of ether oxygens (including phenoxy) is 1. The summed E-state index contributed by atoms with van der Waals surface area (Å²) >= 11 is 5.88. The molecule has 0 saturated heterocycles. The maximum Gasteiger partial charge on any atom is 0.265 e. The van der Waals surface area contributed by atoms with Gasteiger partial charge >= 0.3 is 0 Å². The van der Waals surface area contributed by atoms with Crippen molar-refractivity contribution in [3.63, 3.8) is 0 Å². The van der Waals surface area contributed by atoms with E-state index in [1.165, 1.54) is 6.08 Å². The van der Waals surface area contributed by atoms with Gasteiger partial charge in [-0.05, 0) is 54.5 Å². The van der Waals surface area contributed by atoms with Gasteiger partial charge in [-0.15, -0.1) is 0 Å². The number of halogens is 1. The zero-order valence-electron chi connectivity index (χ0n) is 17.0. The van der Waals surface area contributed by atoms with Crippen molar-refractivity contribution in [2.45, 2.75) is 13.5 Å². The molecule has 0 unspecified atom stereocenters. The average Bonchev–Trinajstić information content (AvgIpc) is 2.77. The number of amides is 2. The van der Waals surface area contributed by atoms with Crippen LogP contribution in [0.25, 0.3) is 6.08 Å². The number of carbonyl (C=O) groups is 2. The smallest absolute Gasteiger partial charge is 0.265 e. The third-order valence-corrected chi connectivity index (χ3v) is 5.18. The first-order valence-corrected chi connectivity index (χ1v) is 10.2. The Labute approximate surface area is 185 Å². The van der Waals surface area contributed by atoms with Crippen LogP contribution < -0.4 is 15.0 Å². The third-order valence-electron chi connectivity index (χ3n) is 4.93. The molecule has 1 heterocycles. The molecule has 1 aliphatic rings. The van der Waals surface area contributed by atoms with E-state index in [4.69, 9.17) is 16.3 Å². The number of anilines is 2. The molecule has 0 spiro atoms. The van der Waals surface area contributed by atoms with Gasteiger partial charge in [0, 0.05) is 16.8 Å². The van der Waals surface area contributed by atoms with Crippen LogP contribution >= 0.6 is 11.6 Å². The molecule has 2 amide bonds. The van der Waals surface area contributed by atoms with E-state index < -0.39 is 0 Å². The Balaban J connectivity index is 1.51. The third kappa shape index (κ3) is 5.13. The summed E-state index contributed by atoms with van der Waals surface area (Å²) in [5.41, 5.74) is 4.27. The maximum atomic E-state index is 12.5. The van der Waals surface area contributed by atoms with E-state index in [1.807, 2.05) is 43.3 Å². The van der Waals surface area contributed by atoms with Crippen molar-refractivity contribution in [1.82, 2.24) is 0 Å². The predicted octanol–water partition coefficient (Wildman–Crippen LogP) is 5.23. The van der Waals surface area contributed by atoms with Crippen molar-refractivity contribution in [2.24, 2.45) is 0 Å². The van der Waals surface area contributed by atoms with E-state index in [0.29, 0.717) is 28.7 Å². The molecule has 0 aliphatic carbocycles. The number of fused-ring (bicyclic) bond motifs is 1. The standard InChI is InChI=1S/C25H21ClN2O3/c1-17-2-4-19(5-3-17)15-28-22-14-21(11-12-23(22)31-16-25(28)30)27-24(29)13-8-18-6-9-20(26)10-7-18/h2-14H,15-16H2,1H3,(H,27,29)/b13-8+. The first-order chi connectivity index (χ1) is 15.0. The second kappa shape index (κ2) is 9.06. The van der Waals surface area contributed by atoms with Gasteiger partial charge in [0.2, 0.25) is 5.91 Å². The Hall–Kier alpha value is -3.57. The molecule has 0 fully saturated rings. The van der Waals surface area contributed by atoms with Gasteiger partial charge in [0.15, 0.2) is 6.61 Å². The highest BCUT2D eigenvalue weighted by atomic mass is 35.5. The quantitative estimate of drug-likeness (QED) is 0.562. The SMILES string of the molecule is Cc1ccc(CN2C(=O)COc3ccc(NC(=O)/C=C/c4ccc(Cl)cc4)cc32)cc1. The monoisotopic (exact) mass is 432 g/mol. The summed E-state index contributed by atoms with van der Waals surface area (Å²) in [6, 6.07) is 20.5. The average molecular weight is 433 g/mol. The number of benzene rings is 3. The minimum atomic E-state index is -0.275. The normalized spacial score (nSPS) is 13.1. The fourth-order valence-electron chi connectivity index (χ4n) is 3.26. The number of aryl methyl sites for hydroxylation is 1. The molecule has 3 aromatic rings. The molecule has 1 N–H and O–H groups in total. The van der Waals surface area contributed by atoms with Crippen LogP contribution in [0, 0.1) is 6.92 Å². The Kier molecular flexibility index (Phi) is 6.05. The van der Waals surface area contributed by atoms with Crippen LogP contribution in [-0.4, -0.2) is 18.4 Å². The summed E-state index contributed by atoms with van der Waals surface area (Å²) in [6.07, 6.45) is 3.16. The molecular formula is C25H21ClN2O3. The lowest BCUT2D eigenvalue weighted by atomic mass is 10.1. The lowest BCUT2D eigenvalue weighted by Crippen LogP contribution is -2.38. The van der Waals surface area contributed by atoms with Gasteiger partial charge in [0.1, 0.15) is 5.75 Å². The van der Waals surface area contributed by atoms with Crippen molar-refractivity contribution in [1.29, 1.82) is 0 Å². The summed E-state index contributed by atoms with van der Waals surface area (Å²) in [6.45, 7) is 2.45. The first kappa shape index (κ1) is 20.7. The molecule has 0 aromatic heterocycles. The molecule has 0 saturated carbocycles. The van der Waals surface area contributed by atoms with Crippen molar-refractivity contribution in [3.05, 3.63) is 94.5 Å². The highest BCUT2D eigenvalue weighted by molar-refractivity contribution is 6.30. The number of nitrogens with one attached hydrogen (secondary N) is 1. The fraction of sp³-hybridized carbons (Fsp3) is 0.120. The zero-order valence-corrected chi connectivity index (χ0v) is 17.7. The molecule has 1 aliphatic heterocycles. The van der Waals surface area contributed by atoms with Gasteiger partial charge in [-0.2, -0.15) is 0 Å². The zero-order chi connectivity index (χ0) is 21.8. The van der Waals surface area contributed by atoms with Crippen molar-refractivity contribution in [2.75, 3.05) is 16.8 Å². The van der Waals surface area contributed by atoms with E-state index in [2.05, 4.69) is 5.32 Å². The lowest BCUT2D eigenvalue weighted by molar-refractivity contribution is -0.121. The highest BCUT2D eigenvalue weighted by Gasteiger charge is 2.26. The minimum absolute atomic E-state index is 0.00556. The van der Waals surface area contributed by atoms with Gasteiger partial charge in [-0.1, -0.05) is 53.6 Å². The van der Waals surface area contributed by atoms with Crippen molar-refractivity contribution < 1.29 is 14.3 Å². The van der Waals surface area contributed by atoms with Crippen LogP contribution in [0.1, 0.15) is 16.7 Å². The summed E-state index contributed by atoms with van der Waals surface area (Å²) in [7, 11) is 0. The summed E-state index contributed by atoms with van der Waals surface area (Å²) in [5.74, 6) is 0.212. The van der Waals surface area contributed by atoms with Gasteiger partial charge in [0.05, 0.1) is 12.2 Å². The maximum absolute atomic E-state index is 12.5. The molecule has 0 bridgehead atoms. The second-order valence-corrected chi connectivity index (χ2v) is 7.75. The first-order valence-electron chi connectivity index (χ1n) is 9.85. The molecule has 4 rings (SSSR count). The van der Waals surface area contributed by atoms with E-state index in [1.54, 1.807) is 41.3 Å². The van der Waals surface area contributed by atoms with Crippen LogP contribution in [0.15, 0.2) is 72.8 Å².